The van der Waals surface area contributed by atoms with Crippen molar-refractivity contribution in [2.75, 3.05) is 19.7 Å². The second-order valence-corrected chi connectivity index (χ2v) is 4.95. The number of nitrogens with one attached hydrogen (secondary N) is 1. The Labute approximate surface area is 105 Å². The van der Waals surface area contributed by atoms with Crippen LogP contribution >= 0.6 is 0 Å². The molecule has 6 heteroatoms. The predicted octanol–water partition coefficient (Wildman–Crippen LogP) is 0.0805. The van der Waals surface area contributed by atoms with Crippen LogP contribution in [0.3, 0.4) is 0 Å². The van der Waals surface area contributed by atoms with Gasteiger partial charge in [0.05, 0.1) is 17.7 Å². The van der Waals surface area contributed by atoms with Crippen LogP contribution < -0.4 is 0 Å². The lowest BCUT2D eigenvalue weighted by Crippen LogP contribution is -2.56. The molecule has 1 aromatic heterocycles. The molecule has 1 amide bonds. The van der Waals surface area contributed by atoms with Crippen molar-refractivity contribution in [1.82, 2.24) is 15.1 Å². The van der Waals surface area contributed by atoms with Gasteiger partial charge in [0.1, 0.15) is 6.10 Å². The smallest absolute Gasteiger partial charge is 0.228 e. The molecule has 0 aliphatic carbocycles. The largest absolute Gasteiger partial charge is 0.389 e. The minimum absolute atomic E-state index is 0.0830. The minimum atomic E-state index is -0.357. The Bertz CT molecular complexity index is 414. The lowest BCUT2D eigenvalue weighted by atomic mass is 9.90. The van der Waals surface area contributed by atoms with E-state index in [0.717, 1.165) is 18.5 Å². The summed E-state index contributed by atoms with van der Waals surface area (Å²) >= 11 is 0. The minimum Gasteiger partial charge on any atom is -0.389 e. The summed E-state index contributed by atoms with van der Waals surface area (Å²) < 4.78 is 5.72. The van der Waals surface area contributed by atoms with Crippen LogP contribution in [0.15, 0.2) is 12.3 Å². The number of carbonyl (C=O) groups excluding carboxylic acids is 1. The van der Waals surface area contributed by atoms with E-state index in [2.05, 4.69) is 10.2 Å². The number of likely N-dealkylation sites (tertiary alicyclic amines) is 1. The van der Waals surface area contributed by atoms with E-state index in [1.54, 1.807) is 11.1 Å². The first-order chi connectivity index (χ1) is 8.75. The van der Waals surface area contributed by atoms with E-state index in [-0.39, 0.29) is 24.0 Å². The first kappa shape index (κ1) is 11.7. The summed E-state index contributed by atoms with van der Waals surface area (Å²) in [5.41, 5.74) is 0.856. The summed E-state index contributed by atoms with van der Waals surface area (Å²) in [6, 6.07) is 1.85. The van der Waals surface area contributed by atoms with Crippen LogP contribution in [0.1, 0.15) is 24.6 Å². The molecule has 2 atom stereocenters. The molecule has 0 spiro atoms. The highest BCUT2D eigenvalue weighted by Crippen LogP contribution is 2.34. The van der Waals surface area contributed by atoms with Gasteiger partial charge in [-0.1, -0.05) is 0 Å². The molecule has 2 fully saturated rings. The second-order valence-electron chi connectivity index (χ2n) is 4.95. The first-order valence-corrected chi connectivity index (χ1v) is 6.33. The Morgan fingerprint density at radius 3 is 3.06 bits per heavy atom. The normalized spacial score (nSPS) is 29.1. The lowest BCUT2D eigenvalue weighted by molar-refractivity contribution is -0.155. The van der Waals surface area contributed by atoms with Gasteiger partial charge in [-0.25, -0.2) is 0 Å². The molecule has 2 N–H and O–H groups in total. The zero-order valence-electron chi connectivity index (χ0n) is 10.1. The number of rotatable bonds is 2. The van der Waals surface area contributed by atoms with Crippen LogP contribution in [0.25, 0.3) is 0 Å². The van der Waals surface area contributed by atoms with E-state index in [0.29, 0.717) is 19.7 Å². The standard InChI is InChI=1S/C12H17N3O3/c16-8-6-15(7-8)12(17)9-2-1-5-18-11(9)10-3-4-13-14-10/h3-4,8-9,11,16H,1-2,5-7H2,(H,13,14)/t9-,11-/m1/s1. The van der Waals surface area contributed by atoms with Gasteiger partial charge in [-0.05, 0) is 18.9 Å². The SMILES string of the molecule is O=C([C@@H]1CCCO[C@H]1c1ccn[nH]1)N1CC(O)C1. The van der Waals surface area contributed by atoms with E-state index in [9.17, 15) is 9.90 Å². The number of amides is 1. The van der Waals surface area contributed by atoms with E-state index >= 15 is 0 Å². The number of hydrogen-bond donors (Lipinski definition) is 2. The Hall–Kier alpha value is -1.40. The van der Waals surface area contributed by atoms with Gasteiger partial charge in [-0.2, -0.15) is 5.10 Å². The van der Waals surface area contributed by atoms with Gasteiger partial charge < -0.3 is 14.7 Å². The van der Waals surface area contributed by atoms with Crippen molar-refractivity contribution in [2.24, 2.45) is 5.92 Å². The third-order valence-corrected chi connectivity index (χ3v) is 3.64. The molecule has 0 aromatic carbocycles. The molecule has 3 heterocycles. The maximum absolute atomic E-state index is 12.3. The van der Waals surface area contributed by atoms with Gasteiger partial charge in [-0.15, -0.1) is 0 Å². The van der Waals surface area contributed by atoms with Gasteiger partial charge in [0, 0.05) is 25.9 Å². The molecule has 6 nitrogen and oxygen atoms in total. The molecule has 1 aromatic rings. The fourth-order valence-corrected chi connectivity index (χ4v) is 2.64. The number of aliphatic hydroxyl groups is 1. The van der Waals surface area contributed by atoms with Crippen LogP contribution in [0.5, 0.6) is 0 Å². The Morgan fingerprint density at radius 2 is 2.39 bits per heavy atom. The second kappa shape index (κ2) is 4.70. The molecule has 98 valence electrons. The molecule has 0 unspecified atom stereocenters. The maximum atomic E-state index is 12.3. The fourth-order valence-electron chi connectivity index (χ4n) is 2.64. The van der Waals surface area contributed by atoms with Crippen molar-refractivity contribution in [3.05, 3.63) is 18.0 Å². The average molecular weight is 251 g/mol. The summed E-state index contributed by atoms with van der Waals surface area (Å²) in [7, 11) is 0. The molecule has 0 radical (unpaired) electrons. The number of hydrogen-bond acceptors (Lipinski definition) is 4. The summed E-state index contributed by atoms with van der Waals surface area (Å²) in [6.45, 7) is 1.58. The Kier molecular flexibility index (Phi) is 3.05. The number of aliphatic hydroxyl groups excluding tert-OH is 1. The number of β-amino-alcohol motifs (C(OH)–C–C–N with tert-alkyl or cyclic N) is 1. The Morgan fingerprint density at radius 1 is 1.56 bits per heavy atom. The average Bonchev–Trinajstić information content (AvgIpc) is 2.88. The van der Waals surface area contributed by atoms with Gasteiger partial charge in [0.15, 0.2) is 0 Å². The number of aromatic amines is 1. The lowest BCUT2D eigenvalue weighted by Gasteiger charge is -2.40. The third kappa shape index (κ3) is 2.02. The summed E-state index contributed by atoms with van der Waals surface area (Å²) in [5.74, 6) is -0.0775. The van der Waals surface area contributed by atoms with Crippen molar-refractivity contribution in [2.45, 2.75) is 25.0 Å². The monoisotopic (exact) mass is 251 g/mol. The predicted molar refractivity (Wildman–Crippen MR) is 62.6 cm³/mol. The van der Waals surface area contributed by atoms with Crippen LogP contribution in [0, 0.1) is 5.92 Å². The van der Waals surface area contributed by atoms with Crippen LogP contribution in [-0.2, 0) is 9.53 Å². The third-order valence-electron chi connectivity index (χ3n) is 3.64. The van der Waals surface area contributed by atoms with Crippen LogP contribution in [0.4, 0.5) is 0 Å². The number of aromatic nitrogens is 2. The quantitative estimate of drug-likeness (QED) is 0.780. The zero-order valence-corrected chi connectivity index (χ0v) is 10.1. The molecule has 2 aliphatic rings. The number of carbonyl (C=O) groups is 1. The molecule has 0 saturated carbocycles. The van der Waals surface area contributed by atoms with Crippen LogP contribution in [-0.4, -0.2) is 51.9 Å². The van der Waals surface area contributed by atoms with Gasteiger partial charge in [0.25, 0.3) is 0 Å². The Balaban J connectivity index is 1.73. The van der Waals surface area contributed by atoms with Crippen molar-refractivity contribution in [3.8, 4) is 0 Å². The molecule has 0 bridgehead atoms. The van der Waals surface area contributed by atoms with Gasteiger partial charge >= 0.3 is 0 Å². The number of ether oxygens (including phenoxy) is 1. The summed E-state index contributed by atoms with van der Waals surface area (Å²) in [4.78, 5) is 14.0. The van der Waals surface area contributed by atoms with Gasteiger partial charge in [0.2, 0.25) is 5.91 Å². The summed E-state index contributed by atoms with van der Waals surface area (Å²) in [6.07, 6.45) is 2.81. The molecule has 18 heavy (non-hydrogen) atoms. The highest BCUT2D eigenvalue weighted by atomic mass is 16.5. The molecule has 2 saturated heterocycles. The van der Waals surface area contributed by atoms with E-state index in [1.165, 1.54) is 0 Å². The molecule has 2 aliphatic heterocycles. The summed E-state index contributed by atoms with van der Waals surface area (Å²) in [5, 5.41) is 16.1. The van der Waals surface area contributed by atoms with E-state index in [1.807, 2.05) is 6.07 Å². The zero-order chi connectivity index (χ0) is 12.5. The van der Waals surface area contributed by atoms with E-state index in [4.69, 9.17) is 4.74 Å². The number of H-pyrrole nitrogens is 1. The van der Waals surface area contributed by atoms with Crippen LogP contribution in [0.2, 0.25) is 0 Å². The van der Waals surface area contributed by atoms with Crippen molar-refractivity contribution < 1.29 is 14.6 Å². The van der Waals surface area contributed by atoms with Crippen molar-refractivity contribution in [1.29, 1.82) is 0 Å². The van der Waals surface area contributed by atoms with Gasteiger partial charge in [-0.3, -0.25) is 9.89 Å². The van der Waals surface area contributed by atoms with Crippen molar-refractivity contribution in [3.63, 3.8) is 0 Å². The topological polar surface area (TPSA) is 78.5 Å². The maximum Gasteiger partial charge on any atom is 0.228 e. The molecular formula is C12H17N3O3. The first-order valence-electron chi connectivity index (χ1n) is 6.33. The van der Waals surface area contributed by atoms with Crippen molar-refractivity contribution >= 4 is 5.91 Å². The van der Waals surface area contributed by atoms with E-state index < -0.39 is 0 Å². The highest BCUT2D eigenvalue weighted by molar-refractivity contribution is 5.80. The molecule has 3 rings (SSSR count). The fraction of sp³-hybridized carbons (Fsp3) is 0.667. The highest BCUT2D eigenvalue weighted by Gasteiger charge is 2.39. The molecular weight excluding hydrogens is 234 g/mol. The number of nitrogens with zero attached hydrogens (tertiary/aromatic N) is 2.